The van der Waals surface area contributed by atoms with Crippen LogP contribution in [0.5, 0.6) is 0 Å². The Morgan fingerprint density at radius 1 is 0.950 bits per heavy atom. The minimum Gasteiger partial charge on any atom is -0.297 e. The summed E-state index contributed by atoms with van der Waals surface area (Å²) in [4.78, 5) is 8.01. The van der Waals surface area contributed by atoms with Gasteiger partial charge in [-0.05, 0) is 24.3 Å². The number of fused-ring (bicyclic) bond motifs is 1. The number of halogens is 3. The molecular formula is C13H8F3N3Na. The number of hydrogen-bond acceptors (Lipinski definition) is 2. The first-order valence-corrected chi connectivity index (χ1v) is 5.52. The predicted octanol–water partition coefficient (Wildman–Crippen LogP) is 3.06. The second-order valence-corrected chi connectivity index (χ2v) is 3.98. The molecule has 97 valence electrons. The molecule has 0 bridgehead atoms. The van der Waals surface area contributed by atoms with Crippen LogP contribution in [0, 0.1) is 0 Å². The van der Waals surface area contributed by atoms with Crippen LogP contribution in [-0.4, -0.2) is 44.1 Å². The molecule has 0 spiro atoms. The Morgan fingerprint density at radius 3 is 2.45 bits per heavy atom. The van der Waals surface area contributed by atoms with Gasteiger partial charge in [-0.1, -0.05) is 12.1 Å². The monoisotopic (exact) mass is 286 g/mol. The average molecular weight is 286 g/mol. The van der Waals surface area contributed by atoms with E-state index in [0.717, 1.165) is 6.07 Å². The summed E-state index contributed by atoms with van der Waals surface area (Å²) in [6, 6.07) is 8.74. The molecule has 3 aromatic rings. The summed E-state index contributed by atoms with van der Waals surface area (Å²) in [6.07, 6.45) is -1.51. The summed E-state index contributed by atoms with van der Waals surface area (Å²) in [5.74, 6) is 0. The van der Waals surface area contributed by atoms with Gasteiger partial charge in [0.2, 0.25) is 0 Å². The first-order valence-electron chi connectivity index (χ1n) is 5.52. The number of nitrogens with zero attached hydrogens (tertiary/aromatic N) is 3. The van der Waals surface area contributed by atoms with E-state index in [1.165, 1.54) is 23.0 Å². The predicted molar refractivity (Wildman–Crippen MR) is 69.6 cm³/mol. The fourth-order valence-corrected chi connectivity index (χ4v) is 1.97. The Balaban J connectivity index is 0.00000147. The van der Waals surface area contributed by atoms with Gasteiger partial charge in [0.1, 0.15) is 6.33 Å². The van der Waals surface area contributed by atoms with Crippen LogP contribution in [0.1, 0.15) is 5.56 Å². The van der Waals surface area contributed by atoms with Crippen LogP contribution in [0.2, 0.25) is 0 Å². The fraction of sp³-hybridized carbons (Fsp3) is 0.0769. The van der Waals surface area contributed by atoms with Crippen molar-refractivity contribution in [3.63, 3.8) is 0 Å². The third-order valence-corrected chi connectivity index (χ3v) is 2.79. The van der Waals surface area contributed by atoms with Crippen LogP contribution in [0.25, 0.3) is 16.9 Å². The molecule has 20 heavy (non-hydrogen) atoms. The van der Waals surface area contributed by atoms with E-state index in [0.29, 0.717) is 11.2 Å². The minimum atomic E-state index is -4.41. The Hall–Kier alpha value is -1.37. The Bertz CT molecular complexity index is 737. The standard InChI is InChI=1S/C13H8F3N3.Na/c14-13(15,16)9-4-1-2-5-10(9)19-8-18-12-11(19)6-3-7-17-12;/h1-8H;. The van der Waals surface area contributed by atoms with Crippen LogP contribution in [0.3, 0.4) is 0 Å². The molecule has 2 aromatic heterocycles. The zero-order chi connectivity index (χ0) is 13.5. The van der Waals surface area contributed by atoms with E-state index < -0.39 is 11.7 Å². The average Bonchev–Trinajstić information content (AvgIpc) is 2.81. The van der Waals surface area contributed by atoms with Gasteiger partial charge in [0.25, 0.3) is 0 Å². The van der Waals surface area contributed by atoms with E-state index in [-0.39, 0.29) is 35.2 Å². The molecule has 1 radical (unpaired) electrons. The molecule has 1 aromatic carbocycles. The van der Waals surface area contributed by atoms with Gasteiger partial charge in [-0.2, -0.15) is 13.2 Å². The van der Waals surface area contributed by atoms with Crippen molar-refractivity contribution in [1.82, 2.24) is 14.5 Å². The first-order chi connectivity index (χ1) is 9.07. The number of hydrogen-bond donors (Lipinski definition) is 0. The molecule has 2 heterocycles. The number of benzene rings is 1. The third-order valence-electron chi connectivity index (χ3n) is 2.79. The molecule has 0 aliphatic heterocycles. The van der Waals surface area contributed by atoms with Gasteiger partial charge in [-0.25, -0.2) is 9.97 Å². The van der Waals surface area contributed by atoms with Gasteiger partial charge in [0.05, 0.1) is 16.8 Å². The summed E-state index contributed by atoms with van der Waals surface area (Å²) in [5, 5.41) is 0. The molecular weight excluding hydrogens is 278 g/mol. The number of alkyl halides is 3. The second-order valence-electron chi connectivity index (χ2n) is 3.98. The Morgan fingerprint density at radius 2 is 1.70 bits per heavy atom. The molecule has 0 saturated heterocycles. The number of aromatic nitrogens is 3. The van der Waals surface area contributed by atoms with E-state index in [1.54, 1.807) is 24.4 Å². The van der Waals surface area contributed by atoms with E-state index >= 15 is 0 Å². The maximum Gasteiger partial charge on any atom is 0.418 e. The van der Waals surface area contributed by atoms with Crippen molar-refractivity contribution in [1.29, 1.82) is 0 Å². The minimum absolute atomic E-state index is 0. The molecule has 0 saturated carbocycles. The zero-order valence-electron chi connectivity index (χ0n) is 10.6. The number of imidazole rings is 1. The summed E-state index contributed by atoms with van der Waals surface area (Å²) >= 11 is 0. The van der Waals surface area contributed by atoms with Gasteiger partial charge in [-0.15, -0.1) is 0 Å². The van der Waals surface area contributed by atoms with Crippen molar-refractivity contribution in [3.05, 3.63) is 54.5 Å². The molecule has 0 N–H and O–H groups in total. The maximum absolute atomic E-state index is 13.0. The van der Waals surface area contributed by atoms with Crippen molar-refractivity contribution in [2.45, 2.75) is 6.18 Å². The molecule has 0 atom stereocenters. The van der Waals surface area contributed by atoms with Crippen molar-refractivity contribution in [2.75, 3.05) is 0 Å². The van der Waals surface area contributed by atoms with E-state index in [1.807, 2.05) is 0 Å². The first kappa shape index (κ1) is 15.0. The SMILES string of the molecule is FC(F)(F)c1ccccc1-n1cnc2ncccc21.[Na]. The van der Waals surface area contributed by atoms with E-state index in [2.05, 4.69) is 9.97 Å². The summed E-state index contributed by atoms with van der Waals surface area (Å²) in [6.45, 7) is 0. The van der Waals surface area contributed by atoms with Gasteiger partial charge < -0.3 is 0 Å². The van der Waals surface area contributed by atoms with Gasteiger partial charge in [0.15, 0.2) is 5.65 Å². The molecule has 0 aliphatic carbocycles. The van der Waals surface area contributed by atoms with Crippen LogP contribution in [-0.2, 0) is 6.18 Å². The number of pyridine rings is 1. The van der Waals surface area contributed by atoms with Crippen LogP contribution in [0.4, 0.5) is 13.2 Å². The van der Waals surface area contributed by atoms with E-state index in [9.17, 15) is 13.2 Å². The Kier molecular flexibility index (Phi) is 4.17. The van der Waals surface area contributed by atoms with Crippen molar-refractivity contribution in [2.24, 2.45) is 0 Å². The molecule has 7 heteroatoms. The second kappa shape index (κ2) is 5.55. The largest absolute Gasteiger partial charge is 0.418 e. The summed E-state index contributed by atoms with van der Waals surface area (Å²) in [5.41, 5.74) is 0.308. The molecule has 3 nitrogen and oxygen atoms in total. The quantitative estimate of drug-likeness (QED) is 0.644. The van der Waals surface area contributed by atoms with E-state index in [4.69, 9.17) is 0 Å². The van der Waals surface area contributed by atoms with Crippen LogP contribution < -0.4 is 0 Å². The topological polar surface area (TPSA) is 30.7 Å². The maximum atomic E-state index is 13.0. The van der Waals surface area contributed by atoms with Gasteiger partial charge >= 0.3 is 6.18 Å². The third kappa shape index (κ3) is 2.59. The summed E-state index contributed by atoms with van der Waals surface area (Å²) in [7, 11) is 0. The summed E-state index contributed by atoms with van der Waals surface area (Å²) < 4.78 is 40.4. The fourth-order valence-electron chi connectivity index (χ4n) is 1.97. The van der Waals surface area contributed by atoms with Crippen LogP contribution in [0.15, 0.2) is 48.9 Å². The van der Waals surface area contributed by atoms with Gasteiger partial charge in [-0.3, -0.25) is 4.57 Å². The smallest absolute Gasteiger partial charge is 0.297 e. The molecule has 0 aliphatic rings. The van der Waals surface area contributed by atoms with Crippen molar-refractivity contribution < 1.29 is 13.2 Å². The Labute approximate surface area is 134 Å². The normalized spacial score (nSPS) is 11.3. The van der Waals surface area contributed by atoms with Gasteiger partial charge in [0, 0.05) is 35.8 Å². The van der Waals surface area contributed by atoms with Crippen molar-refractivity contribution >= 4 is 40.7 Å². The molecule has 0 amide bonds. The molecule has 0 unspecified atom stereocenters. The number of rotatable bonds is 1. The molecule has 3 rings (SSSR count). The number of para-hydroxylation sites is 1. The van der Waals surface area contributed by atoms with Crippen molar-refractivity contribution in [3.8, 4) is 5.69 Å². The van der Waals surface area contributed by atoms with Crippen LogP contribution >= 0.6 is 0 Å². The zero-order valence-corrected chi connectivity index (χ0v) is 12.6. The molecule has 0 fully saturated rings.